The number of nitrogens with two attached hydrogens (primary N) is 1. The van der Waals surface area contributed by atoms with Gasteiger partial charge in [-0.25, -0.2) is 4.79 Å². The minimum Gasteiger partial charge on any atom is -0.508 e. The number of aliphatic hydroxyl groups is 1. The molecule has 22 nitrogen and oxygen atoms in total. The number of fused-ring (bicyclic) bond motifs is 1. The van der Waals surface area contributed by atoms with Crippen LogP contribution >= 0.6 is 0 Å². The van der Waals surface area contributed by atoms with Gasteiger partial charge in [0.25, 0.3) is 0 Å². The summed E-state index contributed by atoms with van der Waals surface area (Å²) in [6.07, 6.45) is -1.22. The van der Waals surface area contributed by atoms with Crippen LogP contribution in [0.3, 0.4) is 0 Å². The summed E-state index contributed by atoms with van der Waals surface area (Å²) in [6, 6.07) is 4.48. The lowest BCUT2D eigenvalue weighted by Gasteiger charge is -2.33. The molecule has 22 heteroatoms. The number of rotatable bonds is 16. The van der Waals surface area contributed by atoms with Gasteiger partial charge in [0.2, 0.25) is 53.2 Å². The van der Waals surface area contributed by atoms with Gasteiger partial charge in [-0.15, -0.1) is 0 Å². The van der Waals surface area contributed by atoms with Crippen LogP contribution in [-0.2, 0) is 65.5 Å². The van der Waals surface area contributed by atoms with E-state index in [-0.39, 0.29) is 76.0 Å². The second-order valence-corrected chi connectivity index (χ2v) is 17.3. The number of cyclic esters (lactones) is 1. The maximum absolute atomic E-state index is 14.7. The molecule has 2 aliphatic heterocycles. The number of phenols is 1. The van der Waals surface area contributed by atoms with Crippen molar-refractivity contribution in [3.63, 3.8) is 0 Å². The van der Waals surface area contributed by atoms with Gasteiger partial charge in [-0.2, -0.15) is 0 Å². The van der Waals surface area contributed by atoms with Crippen LogP contribution in [0.15, 0.2) is 66.2 Å². The number of esters is 1. The Bertz CT molecular complexity index is 2260. The number of amides is 9. The molecular formula is C48H65N9O13. The molecule has 0 aromatic heterocycles. The van der Waals surface area contributed by atoms with Crippen LogP contribution in [0, 0.1) is 0 Å². The van der Waals surface area contributed by atoms with E-state index in [2.05, 4.69) is 31.9 Å². The molecule has 0 spiro atoms. The van der Waals surface area contributed by atoms with Crippen molar-refractivity contribution in [2.24, 2.45) is 5.73 Å². The summed E-state index contributed by atoms with van der Waals surface area (Å²) in [4.78, 5) is 141. The van der Waals surface area contributed by atoms with E-state index in [0.717, 1.165) is 4.90 Å². The first-order chi connectivity index (χ1) is 33.2. The zero-order valence-electron chi connectivity index (χ0n) is 40.0. The molecule has 380 valence electrons. The van der Waals surface area contributed by atoms with Gasteiger partial charge in [-0.05, 0) is 76.6 Å². The minimum atomic E-state index is -1.85. The molecule has 0 aliphatic carbocycles. The quantitative estimate of drug-likeness (QED) is 0.0685. The summed E-state index contributed by atoms with van der Waals surface area (Å²) in [5.74, 6) is -8.40. The molecule has 2 aromatic rings. The van der Waals surface area contributed by atoms with Gasteiger partial charge in [0.1, 0.15) is 54.1 Å². The Morgan fingerprint density at radius 1 is 0.871 bits per heavy atom. The lowest BCUT2D eigenvalue weighted by Crippen LogP contribution is -2.61. The van der Waals surface area contributed by atoms with Crippen LogP contribution in [0.2, 0.25) is 0 Å². The summed E-state index contributed by atoms with van der Waals surface area (Å²) in [7, 11) is 1.36. The van der Waals surface area contributed by atoms with E-state index in [4.69, 9.17) is 10.5 Å². The fourth-order valence-corrected chi connectivity index (χ4v) is 7.89. The summed E-state index contributed by atoms with van der Waals surface area (Å²) < 4.78 is 5.72. The first-order valence-corrected chi connectivity index (χ1v) is 23.1. The third kappa shape index (κ3) is 15.9. The second kappa shape index (κ2) is 26.4. The number of likely N-dealkylation sites (N-methyl/N-ethyl adjacent to an activating group) is 1. The van der Waals surface area contributed by atoms with Crippen molar-refractivity contribution in [1.29, 1.82) is 0 Å². The molecule has 9 amide bonds. The van der Waals surface area contributed by atoms with E-state index in [1.165, 1.54) is 50.9 Å². The number of nitrogens with one attached hydrogen (secondary N) is 6. The monoisotopic (exact) mass is 975 g/mol. The number of primary amides is 1. The summed E-state index contributed by atoms with van der Waals surface area (Å²) >= 11 is 0. The van der Waals surface area contributed by atoms with Crippen LogP contribution in [0.5, 0.6) is 5.75 Å². The van der Waals surface area contributed by atoms with Gasteiger partial charge in [-0.1, -0.05) is 48.5 Å². The zero-order chi connectivity index (χ0) is 51.7. The molecule has 0 unspecified atom stereocenters. The molecule has 70 heavy (non-hydrogen) atoms. The topological polar surface area (TPSA) is 325 Å². The highest BCUT2D eigenvalue weighted by Crippen LogP contribution is 2.22. The molecule has 8 atom stereocenters. The van der Waals surface area contributed by atoms with Gasteiger partial charge in [0.05, 0.1) is 6.61 Å². The number of phenolic OH excluding ortho intramolecular Hbond substituents is 1. The van der Waals surface area contributed by atoms with Crippen molar-refractivity contribution in [3.05, 3.63) is 77.4 Å². The van der Waals surface area contributed by atoms with Crippen molar-refractivity contribution in [1.82, 2.24) is 41.7 Å². The lowest BCUT2D eigenvalue weighted by molar-refractivity contribution is -0.156. The van der Waals surface area contributed by atoms with Crippen molar-refractivity contribution >= 4 is 59.1 Å². The van der Waals surface area contributed by atoms with E-state index in [9.17, 15) is 58.2 Å². The van der Waals surface area contributed by atoms with Crippen LogP contribution < -0.4 is 37.6 Å². The van der Waals surface area contributed by atoms with Crippen LogP contribution in [0.4, 0.5) is 0 Å². The third-order valence-electron chi connectivity index (χ3n) is 12.1. The van der Waals surface area contributed by atoms with Gasteiger partial charge < -0.3 is 62.4 Å². The van der Waals surface area contributed by atoms with Gasteiger partial charge in [-0.3, -0.25) is 43.2 Å². The number of hydrogen-bond acceptors (Lipinski definition) is 13. The van der Waals surface area contributed by atoms with Crippen molar-refractivity contribution in [3.8, 4) is 5.75 Å². The predicted molar refractivity (Wildman–Crippen MR) is 251 cm³/mol. The molecule has 10 N–H and O–H groups in total. The molecule has 2 heterocycles. The number of aromatic hydroxyl groups is 1. The fourth-order valence-electron chi connectivity index (χ4n) is 7.89. The second-order valence-electron chi connectivity index (χ2n) is 17.3. The van der Waals surface area contributed by atoms with Crippen molar-refractivity contribution in [2.75, 3.05) is 26.7 Å². The highest BCUT2D eigenvalue weighted by atomic mass is 16.5. The van der Waals surface area contributed by atoms with E-state index in [0.29, 0.717) is 17.5 Å². The molecule has 0 radical (unpaired) electrons. The van der Waals surface area contributed by atoms with E-state index in [1.807, 2.05) is 0 Å². The molecule has 4 rings (SSSR count). The lowest BCUT2D eigenvalue weighted by atomic mass is 10.00. The first kappa shape index (κ1) is 55.2. The SMILES string of the molecule is C/C=C(\C)C(=O)N[C@@H](CCC(N)=O)C(=O)N[C@@H]1C(=O)N[C@@H](CCC(=O)NCCO)C(=O)N2CCC[C@H]2C(=O)N[C@@H](Cc2ccccc2)C(=O)N(C)[C@@H](Cc2ccc(O)cc2)C(=O)N[C@@H](C)C(=O)O[C@@H]1C. The largest absolute Gasteiger partial charge is 0.508 e. The number of benzene rings is 2. The molecule has 0 saturated carbocycles. The average Bonchev–Trinajstić information content (AvgIpc) is 3.84. The minimum absolute atomic E-state index is 0.0189. The first-order valence-electron chi connectivity index (χ1n) is 23.1. The van der Waals surface area contributed by atoms with Crippen LogP contribution in [0.1, 0.15) is 77.3 Å². The maximum atomic E-state index is 14.7. The third-order valence-corrected chi connectivity index (χ3v) is 12.1. The molecule has 2 aliphatic rings. The predicted octanol–water partition coefficient (Wildman–Crippen LogP) is -1.49. The Morgan fingerprint density at radius 2 is 1.53 bits per heavy atom. The van der Waals surface area contributed by atoms with Crippen LogP contribution in [0.25, 0.3) is 0 Å². The van der Waals surface area contributed by atoms with Crippen molar-refractivity contribution in [2.45, 2.75) is 127 Å². The number of nitrogens with zero attached hydrogens (tertiary/aromatic N) is 2. The highest BCUT2D eigenvalue weighted by molar-refractivity contribution is 6.00. The number of allylic oxidation sites excluding steroid dienone is 1. The molecule has 0 bridgehead atoms. The smallest absolute Gasteiger partial charge is 0.328 e. The number of carbonyl (C=O) groups excluding carboxylic acids is 10. The molecule has 2 aromatic carbocycles. The van der Waals surface area contributed by atoms with Gasteiger partial charge in [0, 0.05) is 51.4 Å². The Morgan fingerprint density at radius 3 is 2.17 bits per heavy atom. The number of hydrogen-bond donors (Lipinski definition) is 9. The zero-order valence-corrected chi connectivity index (χ0v) is 40.0. The Balaban J connectivity index is 1.83. The van der Waals surface area contributed by atoms with Gasteiger partial charge in [0.15, 0.2) is 0 Å². The maximum Gasteiger partial charge on any atom is 0.328 e. The van der Waals surface area contributed by atoms with E-state index >= 15 is 0 Å². The standard InChI is InChI=1S/C48H65N9O13/c1-6-27(2)41(62)52-33(18-20-38(49)60)42(63)55-40-29(4)70-48(69)28(3)51-44(65)37(26-31-14-16-32(59)17-15-31)56(5)46(67)35(25-30-11-8-7-9-12-30)54-43(64)36-13-10-23-57(36)47(68)34(53-45(40)66)19-21-39(61)50-22-24-58/h6-9,11-12,14-17,28-29,33-37,40,58-59H,10,13,18-26H2,1-5H3,(H2,49,60)(H,50,61)(H,51,65)(H,52,62)(H,53,66)(H,54,64)(H,55,63)/b27-6+/t28-,29+,33-,34-,35-,36-,37-,40-/m0/s1. The van der Waals surface area contributed by atoms with Crippen LogP contribution in [-0.4, -0.2) is 154 Å². The Labute approximate surface area is 405 Å². The van der Waals surface area contributed by atoms with E-state index < -0.39 is 108 Å². The molecule has 2 saturated heterocycles. The molecular weight excluding hydrogens is 911 g/mol. The summed E-state index contributed by atoms with van der Waals surface area (Å²) in [6.45, 7) is 5.12. The number of ether oxygens (including phenoxy) is 1. The molecule has 2 fully saturated rings. The number of aliphatic hydroxyl groups excluding tert-OH is 1. The Hall–Kier alpha value is -7.36. The highest BCUT2D eigenvalue weighted by Gasteiger charge is 2.42. The summed E-state index contributed by atoms with van der Waals surface area (Å²) in [5, 5.41) is 34.7. The van der Waals surface area contributed by atoms with Crippen molar-refractivity contribution < 1.29 is 62.9 Å². The normalized spacial score (nSPS) is 23.5. The van der Waals surface area contributed by atoms with Gasteiger partial charge >= 0.3 is 5.97 Å². The van der Waals surface area contributed by atoms with E-state index in [1.54, 1.807) is 49.4 Å². The fraction of sp³-hybridized carbons (Fsp3) is 0.500. The average molecular weight is 976 g/mol. The summed E-state index contributed by atoms with van der Waals surface area (Å²) in [5.41, 5.74) is 6.75. The number of carbonyl (C=O) groups is 10. The Kier molecular flexibility index (Phi) is 20.8.